The smallest absolute Gasteiger partial charge is 0.162 e. The fourth-order valence-electron chi connectivity index (χ4n) is 2.87. The maximum atomic E-state index is 14.0. The second-order valence-corrected chi connectivity index (χ2v) is 4.94. The average Bonchev–Trinajstić information content (AvgIpc) is 2.78. The van der Waals surface area contributed by atoms with Crippen molar-refractivity contribution in [1.29, 1.82) is 0 Å². The Kier molecular flexibility index (Phi) is 2.66. The van der Waals surface area contributed by atoms with E-state index < -0.39 is 11.6 Å². The van der Waals surface area contributed by atoms with E-state index >= 15 is 0 Å². The average molecular weight is 244 g/mol. The Morgan fingerprint density at radius 1 is 1.11 bits per heavy atom. The van der Waals surface area contributed by atoms with Crippen LogP contribution in [-0.2, 0) is 6.42 Å². The lowest BCUT2D eigenvalue weighted by Gasteiger charge is -2.14. The van der Waals surface area contributed by atoms with Gasteiger partial charge in [-0.1, -0.05) is 35.9 Å². The van der Waals surface area contributed by atoms with E-state index in [1.807, 2.05) is 25.1 Å². The zero-order valence-corrected chi connectivity index (χ0v) is 10.2. The molecule has 0 aliphatic heterocycles. The molecule has 0 bridgehead atoms. The molecule has 1 aliphatic carbocycles. The summed E-state index contributed by atoms with van der Waals surface area (Å²) in [6.45, 7) is 2.02. The summed E-state index contributed by atoms with van der Waals surface area (Å²) in [4.78, 5) is 0. The van der Waals surface area contributed by atoms with Crippen LogP contribution in [0.1, 0.15) is 34.6 Å². The summed E-state index contributed by atoms with van der Waals surface area (Å²) in [6, 6.07) is 11.0. The molecule has 2 heteroatoms. The molecule has 0 heterocycles. The van der Waals surface area contributed by atoms with Crippen LogP contribution in [-0.4, -0.2) is 0 Å². The third-order valence-electron chi connectivity index (χ3n) is 3.72. The first-order valence-electron chi connectivity index (χ1n) is 6.20. The zero-order valence-electron chi connectivity index (χ0n) is 10.2. The Hall–Kier alpha value is -1.70. The first-order chi connectivity index (χ1) is 8.66. The van der Waals surface area contributed by atoms with Crippen molar-refractivity contribution in [3.05, 3.63) is 70.3 Å². The lowest BCUT2D eigenvalue weighted by atomic mass is 9.91. The molecule has 0 radical (unpaired) electrons. The summed E-state index contributed by atoms with van der Waals surface area (Å²) in [7, 11) is 0. The topological polar surface area (TPSA) is 0 Å². The van der Waals surface area contributed by atoms with Gasteiger partial charge in [-0.2, -0.15) is 0 Å². The van der Waals surface area contributed by atoms with Crippen molar-refractivity contribution in [2.24, 2.45) is 0 Å². The number of fused-ring (bicyclic) bond motifs is 1. The van der Waals surface area contributed by atoms with Gasteiger partial charge in [0.15, 0.2) is 11.6 Å². The second-order valence-electron chi connectivity index (χ2n) is 4.94. The number of hydrogen-bond donors (Lipinski definition) is 0. The highest BCUT2D eigenvalue weighted by Crippen LogP contribution is 2.40. The van der Waals surface area contributed by atoms with Crippen LogP contribution in [0.25, 0.3) is 0 Å². The summed E-state index contributed by atoms with van der Waals surface area (Å²) >= 11 is 0. The lowest BCUT2D eigenvalue weighted by molar-refractivity contribution is 0.496. The SMILES string of the molecule is Cc1cccc(C2CCc3ccc(F)c(F)c32)c1. The van der Waals surface area contributed by atoms with Gasteiger partial charge in [-0.3, -0.25) is 0 Å². The van der Waals surface area contributed by atoms with Crippen molar-refractivity contribution in [1.82, 2.24) is 0 Å². The Labute approximate surface area is 105 Å². The molecule has 0 fully saturated rings. The first-order valence-corrected chi connectivity index (χ1v) is 6.20. The molecule has 0 N–H and O–H groups in total. The van der Waals surface area contributed by atoms with Crippen molar-refractivity contribution in [3.8, 4) is 0 Å². The Morgan fingerprint density at radius 3 is 2.72 bits per heavy atom. The number of rotatable bonds is 1. The number of benzene rings is 2. The van der Waals surface area contributed by atoms with E-state index in [0.717, 1.165) is 29.5 Å². The van der Waals surface area contributed by atoms with Crippen LogP contribution in [0.15, 0.2) is 36.4 Å². The molecule has 0 nitrogen and oxygen atoms in total. The van der Waals surface area contributed by atoms with Gasteiger partial charge in [0.2, 0.25) is 0 Å². The van der Waals surface area contributed by atoms with Crippen molar-refractivity contribution in [2.75, 3.05) is 0 Å². The van der Waals surface area contributed by atoms with Gasteiger partial charge < -0.3 is 0 Å². The minimum Gasteiger partial charge on any atom is -0.204 e. The van der Waals surface area contributed by atoms with Crippen LogP contribution in [0.4, 0.5) is 8.78 Å². The van der Waals surface area contributed by atoms with E-state index in [1.165, 1.54) is 6.07 Å². The first kappa shape index (κ1) is 11.4. The van der Waals surface area contributed by atoms with Crippen molar-refractivity contribution in [2.45, 2.75) is 25.7 Å². The van der Waals surface area contributed by atoms with Gasteiger partial charge in [0, 0.05) is 11.5 Å². The summed E-state index contributed by atoms with van der Waals surface area (Å²) in [5.74, 6) is -1.42. The van der Waals surface area contributed by atoms with Gasteiger partial charge in [-0.15, -0.1) is 0 Å². The van der Waals surface area contributed by atoms with Crippen LogP contribution >= 0.6 is 0 Å². The molecule has 0 spiro atoms. The molecule has 3 rings (SSSR count). The largest absolute Gasteiger partial charge is 0.204 e. The molecule has 0 saturated carbocycles. The fraction of sp³-hybridized carbons (Fsp3) is 0.250. The molecular weight excluding hydrogens is 230 g/mol. The van der Waals surface area contributed by atoms with Crippen molar-refractivity contribution < 1.29 is 8.78 Å². The maximum Gasteiger partial charge on any atom is 0.162 e. The van der Waals surface area contributed by atoms with Gasteiger partial charge in [0.1, 0.15) is 0 Å². The van der Waals surface area contributed by atoms with E-state index in [1.54, 1.807) is 6.07 Å². The number of halogens is 2. The molecule has 1 unspecified atom stereocenters. The molecule has 1 aliphatic rings. The lowest BCUT2D eigenvalue weighted by Crippen LogP contribution is -2.01. The molecule has 0 saturated heterocycles. The van der Waals surface area contributed by atoms with Crippen LogP contribution < -0.4 is 0 Å². The second kappa shape index (κ2) is 4.20. The van der Waals surface area contributed by atoms with E-state index in [4.69, 9.17) is 0 Å². The van der Waals surface area contributed by atoms with E-state index in [2.05, 4.69) is 6.07 Å². The summed E-state index contributed by atoms with van der Waals surface area (Å²) < 4.78 is 27.3. The Bertz CT molecular complexity index is 602. The van der Waals surface area contributed by atoms with Crippen LogP contribution in [0.5, 0.6) is 0 Å². The fourth-order valence-corrected chi connectivity index (χ4v) is 2.87. The third kappa shape index (κ3) is 1.72. The molecule has 0 amide bonds. The monoisotopic (exact) mass is 244 g/mol. The quantitative estimate of drug-likeness (QED) is 0.699. The normalized spacial score (nSPS) is 17.8. The summed E-state index contributed by atoms with van der Waals surface area (Å²) in [5, 5.41) is 0. The molecule has 2 aromatic rings. The molecule has 0 aromatic heterocycles. The number of aryl methyl sites for hydroxylation is 2. The Balaban J connectivity index is 2.12. The van der Waals surface area contributed by atoms with E-state index in [0.29, 0.717) is 5.56 Å². The third-order valence-corrected chi connectivity index (χ3v) is 3.72. The predicted molar refractivity (Wildman–Crippen MR) is 67.7 cm³/mol. The highest BCUT2D eigenvalue weighted by molar-refractivity contribution is 5.44. The Morgan fingerprint density at radius 2 is 1.94 bits per heavy atom. The molecular formula is C16H14F2. The van der Waals surface area contributed by atoms with Gasteiger partial charge >= 0.3 is 0 Å². The maximum absolute atomic E-state index is 14.0. The van der Waals surface area contributed by atoms with E-state index in [9.17, 15) is 8.78 Å². The molecule has 92 valence electrons. The van der Waals surface area contributed by atoms with Crippen LogP contribution in [0.3, 0.4) is 0 Å². The van der Waals surface area contributed by atoms with Gasteiger partial charge in [-0.25, -0.2) is 8.78 Å². The molecule has 2 aromatic carbocycles. The van der Waals surface area contributed by atoms with Crippen LogP contribution in [0.2, 0.25) is 0 Å². The molecule has 18 heavy (non-hydrogen) atoms. The standard InChI is InChI=1S/C16H14F2/c1-10-3-2-4-12(9-10)13-7-5-11-6-8-14(17)16(18)15(11)13/h2-4,6,8-9,13H,5,7H2,1H3. The summed E-state index contributed by atoms with van der Waals surface area (Å²) in [5.41, 5.74) is 3.73. The number of hydrogen-bond acceptors (Lipinski definition) is 0. The van der Waals surface area contributed by atoms with Crippen molar-refractivity contribution in [3.63, 3.8) is 0 Å². The summed E-state index contributed by atoms with van der Waals surface area (Å²) in [6.07, 6.45) is 1.68. The van der Waals surface area contributed by atoms with Crippen molar-refractivity contribution >= 4 is 0 Å². The highest BCUT2D eigenvalue weighted by atomic mass is 19.2. The van der Waals surface area contributed by atoms with E-state index in [-0.39, 0.29) is 5.92 Å². The minimum atomic E-state index is -0.742. The molecule has 1 atom stereocenters. The van der Waals surface area contributed by atoms with Gasteiger partial charge in [0.05, 0.1) is 0 Å². The van der Waals surface area contributed by atoms with Gasteiger partial charge in [0.25, 0.3) is 0 Å². The van der Waals surface area contributed by atoms with Crippen LogP contribution in [0, 0.1) is 18.6 Å². The zero-order chi connectivity index (χ0) is 12.7. The van der Waals surface area contributed by atoms with Gasteiger partial charge in [-0.05, 0) is 37.0 Å². The predicted octanol–water partition coefficient (Wildman–Crippen LogP) is 4.35. The highest BCUT2D eigenvalue weighted by Gasteiger charge is 2.28. The minimum absolute atomic E-state index is 0.00407.